The van der Waals surface area contributed by atoms with Crippen LogP contribution in [0.1, 0.15) is 23.1 Å². The smallest absolute Gasteiger partial charge is 0.163 e. The number of aryl methyl sites for hydroxylation is 3. The second-order valence-electron chi connectivity index (χ2n) is 6.38. The summed E-state index contributed by atoms with van der Waals surface area (Å²) >= 11 is 0. The lowest BCUT2D eigenvalue weighted by Crippen LogP contribution is -2.20. The van der Waals surface area contributed by atoms with Gasteiger partial charge >= 0.3 is 0 Å². The first-order chi connectivity index (χ1) is 12.1. The number of anilines is 1. The standard InChI is InChI=1S/C18H20N6O/c1-11-4-5-13(6-12(11)2)16-7-14(25-23-16)8-19-17-15-9-22-24(3)18(15)21-10-20-17/h4-6,9-10,14H,7-8H2,1-3H3,(H,19,20,21)/t14-/m0/s1. The van der Waals surface area contributed by atoms with Gasteiger partial charge < -0.3 is 10.2 Å². The van der Waals surface area contributed by atoms with Crippen LogP contribution in [0.4, 0.5) is 5.82 Å². The Labute approximate surface area is 145 Å². The number of hydrogen-bond donors (Lipinski definition) is 1. The van der Waals surface area contributed by atoms with Crippen molar-refractivity contribution in [2.24, 2.45) is 12.2 Å². The Hall–Kier alpha value is -2.96. The molecule has 1 aliphatic rings. The fourth-order valence-corrected chi connectivity index (χ4v) is 2.94. The van der Waals surface area contributed by atoms with Gasteiger partial charge in [0.05, 0.1) is 23.8 Å². The third kappa shape index (κ3) is 2.93. The largest absolute Gasteiger partial charge is 0.390 e. The molecule has 0 amide bonds. The van der Waals surface area contributed by atoms with Crippen molar-refractivity contribution in [2.75, 3.05) is 11.9 Å². The molecule has 25 heavy (non-hydrogen) atoms. The zero-order valence-corrected chi connectivity index (χ0v) is 14.5. The predicted octanol–water partition coefficient (Wildman–Crippen LogP) is 2.59. The summed E-state index contributed by atoms with van der Waals surface area (Å²) in [6, 6.07) is 6.39. The van der Waals surface area contributed by atoms with Crippen molar-refractivity contribution >= 4 is 22.6 Å². The molecule has 0 radical (unpaired) electrons. The molecular formula is C18H20N6O. The normalized spacial score (nSPS) is 16.8. The van der Waals surface area contributed by atoms with E-state index >= 15 is 0 Å². The first kappa shape index (κ1) is 15.6. The van der Waals surface area contributed by atoms with Crippen molar-refractivity contribution in [3.8, 4) is 0 Å². The van der Waals surface area contributed by atoms with Gasteiger partial charge in [0, 0.05) is 13.5 Å². The number of aromatic nitrogens is 4. The molecule has 3 heterocycles. The summed E-state index contributed by atoms with van der Waals surface area (Å²) in [5.74, 6) is 0.765. The second kappa shape index (κ2) is 6.16. The highest BCUT2D eigenvalue weighted by molar-refractivity contribution is 6.01. The van der Waals surface area contributed by atoms with E-state index < -0.39 is 0 Å². The molecule has 1 aliphatic heterocycles. The maximum atomic E-state index is 5.59. The molecule has 1 N–H and O–H groups in total. The average Bonchev–Trinajstić information content (AvgIpc) is 3.23. The molecule has 0 unspecified atom stereocenters. The zero-order valence-electron chi connectivity index (χ0n) is 14.5. The van der Waals surface area contributed by atoms with Crippen LogP contribution >= 0.6 is 0 Å². The number of nitrogens with zero attached hydrogens (tertiary/aromatic N) is 5. The lowest BCUT2D eigenvalue weighted by Gasteiger charge is -2.10. The highest BCUT2D eigenvalue weighted by atomic mass is 16.6. The highest BCUT2D eigenvalue weighted by Gasteiger charge is 2.22. The van der Waals surface area contributed by atoms with Crippen LogP contribution in [0.15, 0.2) is 35.9 Å². The summed E-state index contributed by atoms with van der Waals surface area (Å²) < 4.78 is 1.73. The van der Waals surface area contributed by atoms with E-state index in [9.17, 15) is 0 Å². The van der Waals surface area contributed by atoms with E-state index in [-0.39, 0.29) is 6.10 Å². The average molecular weight is 336 g/mol. The van der Waals surface area contributed by atoms with Gasteiger partial charge in [-0.3, -0.25) is 4.68 Å². The van der Waals surface area contributed by atoms with Crippen molar-refractivity contribution in [2.45, 2.75) is 26.4 Å². The van der Waals surface area contributed by atoms with Crippen LogP contribution in [0.2, 0.25) is 0 Å². The van der Waals surface area contributed by atoms with Crippen molar-refractivity contribution in [3.63, 3.8) is 0 Å². The molecule has 0 saturated heterocycles. The molecule has 3 aromatic rings. The molecule has 0 fully saturated rings. The fourth-order valence-electron chi connectivity index (χ4n) is 2.94. The van der Waals surface area contributed by atoms with Gasteiger partial charge in [0.25, 0.3) is 0 Å². The van der Waals surface area contributed by atoms with Crippen molar-refractivity contribution < 1.29 is 4.84 Å². The zero-order chi connectivity index (χ0) is 17.4. The fraction of sp³-hybridized carbons (Fsp3) is 0.333. The topological polar surface area (TPSA) is 77.2 Å². The molecule has 128 valence electrons. The Morgan fingerprint density at radius 3 is 2.96 bits per heavy atom. The third-order valence-electron chi connectivity index (χ3n) is 4.60. The van der Waals surface area contributed by atoms with Gasteiger partial charge in [-0.25, -0.2) is 9.97 Å². The van der Waals surface area contributed by atoms with E-state index in [1.807, 2.05) is 7.05 Å². The van der Waals surface area contributed by atoms with Crippen molar-refractivity contribution in [1.29, 1.82) is 0 Å². The Bertz CT molecular complexity index is 961. The van der Waals surface area contributed by atoms with Gasteiger partial charge in [0.15, 0.2) is 5.65 Å². The first-order valence-electron chi connectivity index (χ1n) is 8.28. The maximum absolute atomic E-state index is 5.59. The van der Waals surface area contributed by atoms with Gasteiger partial charge in [0.1, 0.15) is 18.2 Å². The molecule has 4 rings (SSSR count). The molecule has 7 heteroatoms. The number of hydrogen-bond acceptors (Lipinski definition) is 6. The van der Waals surface area contributed by atoms with Gasteiger partial charge in [-0.2, -0.15) is 5.10 Å². The van der Waals surface area contributed by atoms with Gasteiger partial charge in [-0.15, -0.1) is 0 Å². The van der Waals surface area contributed by atoms with Crippen LogP contribution in [0, 0.1) is 13.8 Å². The minimum atomic E-state index is -0.0155. The van der Waals surface area contributed by atoms with E-state index in [0.717, 1.165) is 34.5 Å². The van der Waals surface area contributed by atoms with Crippen molar-refractivity contribution in [3.05, 3.63) is 47.4 Å². The van der Waals surface area contributed by atoms with E-state index in [4.69, 9.17) is 4.84 Å². The molecular weight excluding hydrogens is 316 g/mol. The summed E-state index contributed by atoms with van der Waals surface area (Å²) in [4.78, 5) is 14.1. The number of fused-ring (bicyclic) bond motifs is 1. The summed E-state index contributed by atoms with van der Waals surface area (Å²) in [6.45, 7) is 4.85. The number of nitrogens with one attached hydrogen (secondary N) is 1. The van der Waals surface area contributed by atoms with Crippen LogP contribution in [0.5, 0.6) is 0 Å². The van der Waals surface area contributed by atoms with Crippen LogP contribution in [-0.2, 0) is 11.9 Å². The van der Waals surface area contributed by atoms with Crippen LogP contribution in [0.25, 0.3) is 11.0 Å². The van der Waals surface area contributed by atoms with Crippen LogP contribution in [0.3, 0.4) is 0 Å². The van der Waals surface area contributed by atoms with Crippen molar-refractivity contribution in [1.82, 2.24) is 19.7 Å². The SMILES string of the molecule is Cc1ccc(C2=NO[C@H](CNc3ncnc4c3cnn4C)C2)cc1C. The maximum Gasteiger partial charge on any atom is 0.163 e. The Morgan fingerprint density at radius 1 is 1.24 bits per heavy atom. The highest BCUT2D eigenvalue weighted by Crippen LogP contribution is 2.21. The van der Waals surface area contributed by atoms with Crippen LogP contribution < -0.4 is 5.32 Å². The van der Waals surface area contributed by atoms with E-state index in [0.29, 0.717) is 6.54 Å². The Kier molecular flexibility index (Phi) is 3.83. The van der Waals surface area contributed by atoms with E-state index in [2.05, 4.69) is 57.6 Å². The summed E-state index contributed by atoms with van der Waals surface area (Å²) in [5, 5.41) is 12.7. The predicted molar refractivity (Wildman–Crippen MR) is 96.7 cm³/mol. The minimum Gasteiger partial charge on any atom is -0.390 e. The number of rotatable bonds is 4. The van der Waals surface area contributed by atoms with Gasteiger partial charge in [-0.05, 0) is 36.6 Å². The molecule has 1 atom stereocenters. The first-order valence-corrected chi connectivity index (χ1v) is 8.28. The Balaban J connectivity index is 1.42. The number of oxime groups is 1. The minimum absolute atomic E-state index is 0.0155. The lowest BCUT2D eigenvalue weighted by molar-refractivity contribution is 0.0949. The summed E-state index contributed by atoms with van der Waals surface area (Å²) in [7, 11) is 1.86. The monoisotopic (exact) mass is 336 g/mol. The molecule has 0 spiro atoms. The molecule has 1 aromatic carbocycles. The summed E-state index contributed by atoms with van der Waals surface area (Å²) in [6.07, 6.45) is 4.07. The molecule has 0 bridgehead atoms. The molecule has 0 saturated carbocycles. The van der Waals surface area contributed by atoms with Gasteiger partial charge in [-0.1, -0.05) is 17.3 Å². The molecule has 7 nitrogen and oxygen atoms in total. The van der Waals surface area contributed by atoms with E-state index in [1.165, 1.54) is 11.1 Å². The second-order valence-corrected chi connectivity index (χ2v) is 6.38. The Morgan fingerprint density at radius 2 is 2.12 bits per heavy atom. The quantitative estimate of drug-likeness (QED) is 0.792. The molecule has 2 aromatic heterocycles. The third-order valence-corrected chi connectivity index (χ3v) is 4.60. The van der Waals surface area contributed by atoms with Crippen LogP contribution in [-0.4, -0.2) is 38.1 Å². The summed E-state index contributed by atoms with van der Waals surface area (Å²) in [5.41, 5.74) is 5.47. The molecule has 0 aliphatic carbocycles. The van der Waals surface area contributed by atoms with Gasteiger partial charge in [0.2, 0.25) is 0 Å². The lowest BCUT2D eigenvalue weighted by atomic mass is 10.0. The van der Waals surface area contributed by atoms with E-state index in [1.54, 1.807) is 17.2 Å². The number of benzene rings is 1.